The first-order valence-electron chi connectivity index (χ1n) is 6.67. The van der Waals surface area contributed by atoms with E-state index in [0.717, 1.165) is 0 Å². The molecule has 1 aromatic carbocycles. The zero-order chi connectivity index (χ0) is 16.8. The van der Waals surface area contributed by atoms with E-state index in [2.05, 4.69) is 6.58 Å². The first kappa shape index (κ1) is 18.1. The Balaban J connectivity index is 3.71. The quantitative estimate of drug-likeness (QED) is 0.559. The summed E-state index contributed by atoms with van der Waals surface area (Å²) in [7, 11) is -1.23. The van der Waals surface area contributed by atoms with Crippen molar-refractivity contribution in [2.45, 2.75) is 12.6 Å². The molecule has 0 heterocycles. The molecule has 0 radical (unpaired) electrons. The van der Waals surface area contributed by atoms with Crippen molar-refractivity contribution in [3.8, 4) is 12.1 Å². The van der Waals surface area contributed by atoms with Gasteiger partial charge in [0.1, 0.15) is 5.66 Å². The third-order valence-electron chi connectivity index (χ3n) is 3.81. The average molecular weight is 318 g/mol. The van der Waals surface area contributed by atoms with Crippen LogP contribution >= 0.6 is 7.60 Å². The maximum atomic E-state index is 13.1. The first-order valence-corrected chi connectivity index (χ1v) is 8.28. The smallest absolute Gasteiger partial charge is 0.311 e. The van der Waals surface area contributed by atoms with Gasteiger partial charge in [0.25, 0.3) is 0 Å². The predicted molar refractivity (Wildman–Crippen MR) is 83.8 cm³/mol. The van der Waals surface area contributed by atoms with Gasteiger partial charge in [-0.2, -0.15) is 10.5 Å². The summed E-state index contributed by atoms with van der Waals surface area (Å²) in [4.78, 5) is 0. The average Bonchev–Trinajstić information content (AvgIpc) is 2.59. The van der Waals surface area contributed by atoms with Crippen molar-refractivity contribution in [3.05, 3.63) is 48.6 Å². The lowest BCUT2D eigenvalue weighted by Gasteiger charge is -2.35. The van der Waals surface area contributed by atoms with E-state index in [1.807, 2.05) is 12.1 Å². The molecule has 5 nitrogen and oxygen atoms in total. The summed E-state index contributed by atoms with van der Waals surface area (Å²) in [6, 6.07) is 12.7. The van der Waals surface area contributed by atoms with Crippen molar-refractivity contribution in [2.75, 3.05) is 14.2 Å². The number of hydrogen-bond acceptors (Lipinski definition) is 5. The maximum Gasteiger partial charge on any atom is 0.340 e. The second-order valence-corrected chi connectivity index (χ2v) is 7.16. The molecule has 0 bridgehead atoms. The monoisotopic (exact) mass is 318 g/mol. The zero-order valence-corrected chi connectivity index (χ0v) is 13.8. The summed E-state index contributed by atoms with van der Waals surface area (Å²) in [6.45, 7) is 5.34. The Morgan fingerprint density at radius 2 is 1.73 bits per heavy atom. The molecule has 0 amide bonds. The molecular formula is C16H19N2O3P. The lowest BCUT2D eigenvalue weighted by atomic mass is 9.74. The fourth-order valence-corrected chi connectivity index (χ4v) is 4.36. The van der Waals surface area contributed by atoms with E-state index in [9.17, 15) is 15.1 Å². The van der Waals surface area contributed by atoms with Gasteiger partial charge in [-0.1, -0.05) is 43.3 Å². The molecule has 0 aromatic heterocycles. The molecular weight excluding hydrogens is 299 g/mol. The summed E-state index contributed by atoms with van der Waals surface area (Å²) >= 11 is 0. The molecule has 1 aromatic rings. The molecule has 0 N–H and O–H groups in total. The number of allylic oxidation sites excluding steroid dienone is 1. The molecule has 0 aliphatic heterocycles. The molecule has 0 aliphatic rings. The number of nitrogens with zero attached hydrogens (tertiary/aromatic N) is 2. The van der Waals surface area contributed by atoms with Crippen LogP contribution in [0.15, 0.2) is 43.0 Å². The van der Waals surface area contributed by atoms with E-state index in [4.69, 9.17) is 9.05 Å². The van der Waals surface area contributed by atoms with Crippen LogP contribution in [0.5, 0.6) is 0 Å². The number of benzene rings is 1. The molecule has 2 atom stereocenters. The standard InChI is InChI=1S/C16H19N2O3P/c1-5-13(2)16(11-17,12-18)15(22(19,20-3)21-4)14-9-7-6-8-10-14/h5-10,13,15H,1H2,2-4H3. The second-order valence-electron chi connectivity index (χ2n) is 4.84. The molecule has 116 valence electrons. The largest absolute Gasteiger partial charge is 0.340 e. The minimum atomic E-state index is -3.73. The van der Waals surface area contributed by atoms with Crippen molar-refractivity contribution in [1.29, 1.82) is 10.5 Å². The van der Waals surface area contributed by atoms with E-state index in [0.29, 0.717) is 5.56 Å². The Kier molecular flexibility index (Phi) is 6.09. The van der Waals surface area contributed by atoms with Gasteiger partial charge in [0.05, 0.1) is 12.1 Å². The highest BCUT2D eigenvalue weighted by atomic mass is 31.2. The number of rotatable bonds is 7. The normalized spacial score (nSPS) is 14.4. The summed E-state index contributed by atoms with van der Waals surface area (Å²) in [5.74, 6) is -0.536. The van der Waals surface area contributed by atoms with Crippen molar-refractivity contribution in [1.82, 2.24) is 0 Å². The molecule has 0 fully saturated rings. The SMILES string of the molecule is C=CC(C)C(C#N)(C#N)C(c1ccccc1)P(=O)(OC)OC. The summed E-state index contributed by atoms with van der Waals surface area (Å²) in [5, 5.41) is 19.4. The lowest BCUT2D eigenvalue weighted by molar-refractivity contribution is 0.239. The Morgan fingerprint density at radius 1 is 1.23 bits per heavy atom. The van der Waals surface area contributed by atoms with Crippen molar-refractivity contribution >= 4 is 7.60 Å². The van der Waals surface area contributed by atoms with Crippen LogP contribution in [0, 0.1) is 34.0 Å². The maximum absolute atomic E-state index is 13.1. The zero-order valence-electron chi connectivity index (χ0n) is 12.9. The topological polar surface area (TPSA) is 83.1 Å². The number of nitriles is 2. The fraction of sp³-hybridized carbons (Fsp3) is 0.375. The molecule has 0 saturated heterocycles. The van der Waals surface area contributed by atoms with Gasteiger partial charge in [-0.25, -0.2) is 0 Å². The van der Waals surface area contributed by atoms with Crippen LogP contribution in [-0.2, 0) is 13.6 Å². The van der Waals surface area contributed by atoms with Crippen LogP contribution in [0.1, 0.15) is 18.1 Å². The highest BCUT2D eigenvalue weighted by Crippen LogP contribution is 2.67. The first-order chi connectivity index (χ1) is 10.5. The third kappa shape index (κ3) is 2.98. The summed E-state index contributed by atoms with van der Waals surface area (Å²) in [5.41, 5.74) is -2.12. The highest BCUT2D eigenvalue weighted by molar-refractivity contribution is 7.54. The Hall–Kier alpha value is -1.91. The van der Waals surface area contributed by atoms with E-state index in [1.54, 1.807) is 37.3 Å². The Morgan fingerprint density at radius 3 is 2.09 bits per heavy atom. The van der Waals surface area contributed by atoms with Crippen LogP contribution in [0.4, 0.5) is 0 Å². The van der Waals surface area contributed by atoms with Crippen molar-refractivity contribution in [2.24, 2.45) is 11.3 Å². The molecule has 6 heteroatoms. The Labute approximate surface area is 131 Å². The van der Waals surface area contributed by atoms with E-state index < -0.39 is 24.6 Å². The minimum Gasteiger partial charge on any atom is -0.311 e. The highest BCUT2D eigenvalue weighted by Gasteiger charge is 2.54. The van der Waals surface area contributed by atoms with Gasteiger partial charge >= 0.3 is 7.60 Å². The van der Waals surface area contributed by atoms with Crippen LogP contribution in [0.2, 0.25) is 0 Å². The number of hydrogen-bond donors (Lipinski definition) is 0. The van der Waals surface area contributed by atoms with Crippen molar-refractivity contribution < 1.29 is 13.6 Å². The van der Waals surface area contributed by atoms with Gasteiger partial charge < -0.3 is 9.05 Å². The van der Waals surface area contributed by atoms with Gasteiger partial charge in [-0.15, -0.1) is 6.58 Å². The van der Waals surface area contributed by atoms with Crippen LogP contribution in [-0.4, -0.2) is 14.2 Å². The van der Waals surface area contributed by atoms with Crippen molar-refractivity contribution in [3.63, 3.8) is 0 Å². The third-order valence-corrected chi connectivity index (χ3v) is 6.17. The lowest BCUT2D eigenvalue weighted by Crippen LogP contribution is -2.32. The fourth-order valence-electron chi connectivity index (χ4n) is 2.40. The molecule has 2 unspecified atom stereocenters. The summed E-state index contributed by atoms with van der Waals surface area (Å²) in [6.07, 6.45) is 1.50. The van der Waals surface area contributed by atoms with Crippen LogP contribution < -0.4 is 0 Å². The summed E-state index contributed by atoms with van der Waals surface area (Å²) < 4.78 is 23.3. The molecule has 0 aliphatic carbocycles. The van der Waals surface area contributed by atoms with E-state index in [1.165, 1.54) is 20.3 Å². The Bertz CT molecular complexity index is 624. The minimum absolute atomic E-state index is 0.536. The van der Waals surface area contributed by atoms with Gasteiger partial charge in [0.15, 0.2) is 5.41 Å². The molecule has 0 saturated carbocycles. The van der Waals surface area contributed by atoms with Gasteiger partial charge in [-0.3, -0.25) is 4.57 Å². The van der Waals surface area contributed by atoms with Gasteiger partial charge in [-0.05, 0) is 5.56 Å². The van der Waals surface area contributed by atoms with Crippen LogP contribution in [0.3, 0.4) is 0 Å². The van der Waals surface area contributed by atoms with E-state index in [-0.39, 0.29) is 0 Å². The second kappa shape index (κ2) is 7.38. The van der Waals surface area contributed by atoms with Crippen LogP contribution in [0.25, 0.3) is 0 Å². The molecule has 0 spiro atoms. The predicted octanol–water partition coefficient (Wildman–Crippen LogP) is 4.07. The van der Waals surface area contributed by atoms with Gasteiger partial charge in [0.2, 0.25) is 0 Å². The van der Waals surface area contributed by atoms with Gasteiger partial charge in [0, 0.05) is 20.1 Å². The van der Waals surface area contributed by atoms with E-state index >= 15 is 0 Å². The molecule has 22 heavy (non-hydrogen) atoms. The molecule has 1 rings (SSSR count).